The number of rotatable bonds is 4. The van der Waals surface area contributed by atoms with Crippen LogP contribution in [0.2, 0.25) is 0 Å². The van der Waals surface area contributed by atoms with Gasteiger partial charge >= 0.3 is 0 Å². The lowest BCUT2D eigenvalue weighted by molar-refractivity contribution is 0.526. The van der Waals surface area contributed by atoms with Crippen molar-refractivity contribution in [1.29, 1.82) is 0 Å². The molecule has 96 valence electrons. The van der Waals surface area contributed by atoms with Crippen molar-refractivity contribution in [2.45, 2.75) is 26.4 Å². The first-order valence-corrected chi connectivity index (χ1v) is 5.90. The summed E-state index contributed by atoms with van der Waals surface area (Å²) in [6, 6.07) is 4.93. The van der Waals surface area contributed by atoms with E-state index in [9.17, 15) is 4.39 Å². The molecule has 5 heteroatoms. The van der Waals surface area contributed by atoms with Gasteiger partial charge < -0.3 is 9.88 Å². The minimum atomic E-state index is -0.197. The van der Waals surface area contributed by atoms with Crippen molar-refractivity contribution in [2.24, 2.45) is 7.05 Å². The summed E-state index contributed by atoms with van der Waals surface area (Å²) in [5.41, 5.74) is 2.04. The summed E-state index contributed by atoms with van der Waals surface area (Å²) in [5.74, 6) is 0.687. The zero-order valence-electron chi connectivity index (χ0n) is 10.8. The third-order valence-corrected chi connectivity index (χ3v) is 3.04. The average molecular weight is 248 g/mol. The molecule has 1 unspecified atom stereocenters. The molecule has 0 bridgehead atoms. The van der Waals surface area contributed by atoms with E-state index >= 15 is 0 Å². The van der Waals surface area contributed by atoms with Crippen LogP contribution in [0.4, 0.5) is 4.39 Å². The monoisotopic (exact) mass is 248 g/mol. The van der Waals surface area contributed by atoms with E-state index < -0.39 is 0 Å². The van der Waals surface area contributed by atoms with E-state index in [-0.39, 0.29) is 11.9 Å². The van der Waals surface area contributed by atoms with Crippen LogP contribution in [0.25, 0.3) is 0 Å². The van der Waals surface area contributed by atoms with Crippen LogP contribution in [0.5, 0.6) is 0 Å². The number of nitrogens with one attached hydrogen (secondary N) is 1. The Morgan fingerprint density at radius 2 is 2.22 bits per heavy atom. The van der Waals surface area contributed by atoms with Crippen molar-refractivity contribution in [1.82, 2.24) is 20.1 Å². The van der Waals surface area contributed by atoms with Gasteiger partial charge in [0.2, 0.25) is 0 Å². The predicted molar refractivity (Wildman–Crippen MR) is 67.4 cm³/mol. The molecule has 2 rings (SSSR count). The second-order valence-corrected chi connectivity index (χ2v) is 4.47. The molecule has 0 fully saturated rings. The fraction of sp³-hybridized carbons (Fsp3) is 0.385. The Kier molecular flexibility index (Phi) is 3.72. The first-order chi connectivity index (χ1) is 8.58. The van der Waals surface area contributed by atoms with Gasteiger partial charge in [-0.3, -0.25) is 0 Å². The average Bonchev–Trinajstić information content (AvgIpc) is 2.74. The summed E-state index contributed by atoms with van der Waals surface area (Å²) in [4.78, 5) is 0. The summed E-state index contributed by atoms with van der Waals surface area (Å²) >= 11 is 0. The number of hydrogen-bond donors (Lipinski definition) is 1. The predicted octanol–water partition coefficient (Wildman–Crippen LogP) is 2.11. The largest absolute Gasteiger partial charge is 0.319 e. The van der Waals surface area contributed by atoms with Crippen molar-refractivity contribution in [3.8, 4) is 0 Å². The highest BCUT2D eigenvalue weighted by molar-refractivity contribution is 5.26. The highest BCUT2D eigenvalue weighted by Gasteiger charge is 2.11. The van der Waals surface area contributed by atoms with E-state index in [4.69, 9.17) is 0 Å². The lowest BCUT2D eigenvalue weighted by Crippen LogP contribution is -2.21. The Morgan fingerprint density at radius 3 is 2.83 bits per heavy atom. The Bertz CT molecular complexity index is 536. The highest BCUT2D eigenvalue weighted by atomic mass is 19.1. The molecule has 0 saturated heterocycles. The van der Waals surface area contributed by atoms with Gasteiger partial charge in [0.05, 0.1) is 6.04 Å². The molecule has 1 aromatic heterocycles. The summed E-state index contributed by atoms with van der Waals surface area (Å²) in [6.45, 7) is 4.62. The minimum Gasteiger partial charge on any atom is -0.319 e. The van der Waals surface area contributed by atoms with E-state index in [0.29, 0.717) is 6.54 Å². The van der Waals surface area contributed by atoms with Gasteiger partial charge in [-0.05, 0) is 37.1 Å². The molecule has 1 heterocycles. The zero-order valence-corrected chi connectivity index (χ0v) is 10.8. The van der Waals surface area contributed by atoms with Gasteiger partial charge in [0.15, 0.2) is 0 Å². The molecular weight excluding hydrogens is 231 g/mol. The molecule has 0 spiro atoms. The number of aromatic nitrogens is 3. The van der Waals surface area contributed by atoms with E-state index in [2.05, 4.69) is 15.5 Å². The molecule has 2 aromatic rings. The molecule has 0 aliphatic carbocycles. The highest BCUT2D eigenvalue weighted by Crippen LogP contribution is 2.13. The third-order valence-electron chi connectivity index (χ3n) is 3.04. The smallest absolute Gasteiger partial charge is 0.149 e. The third kappa shape index (κ3) is 2.73. The fourth-order valence-electron chi connectivity index (χ4n) is 1.90. The summed E-state index contributed by atoms with van der Waals surface area (Å²) in [7, 11) is 1.91. The zero-order chi connectivity index (χ0) is 13.1. The van der Waals surface area contributed by atoms with E-state index in [1.807, 2.05) is 25.5 Å². The molecule has 1 N–H and O–H groups in total. The van der Waals surface area contributed by atoms with Crippen molar-refractivity contribution in [3.05, 3.63) is 47.3 Å². The number of hydrogen-bond acceptors (Lipinski definition) is 3. The molecule has 0 amide bonds. The molecule has 0 aliphatic heterocycles. The van der Waals surface area contributed by atoms with Gasteiger partial charge in [-0.25, -0.2) is 4.39 Å². The standard InChI is InChI=1S/C13H17FN4/c1-9-6-12(14)5-4-11(9)7-15-10(2)13-17-16-8-18(13)3/h4-6,8,10,15H,7H2,1-3H3. The number of benzene rings is 1. The SMILES string of the molecule is Cc1cc(F)ccc1CNC(C)c1nncn1C. The summed E-state index contributed by atoms with van der Waals surface area (Å²) in [5, 5.41) is 11.3. The van der Waals surface area contributed by atoms with Gasteiger partial charge in [-0.15, -0.1) is 10.2 Å². The maximum atomic E-state index is 13.0. The van der Waals surface area contributed by atoms with Gasteiger partial charge in [0.1, 0.15) is 18.0 Å². The molecule has 18 heavy (non-hydrogen) atoms. The Hall–Kier alpha value is -1.75. The molecule has 0 aliphatic rings. The van der Waals surface area contributed by atoms with Crippen LogP contribution in [0.15, 0.2) is 24.5 Å². The quantitative estimate of drug-likeness (QED) is 0.901. The molecule has 1 atom stereocenters. The Balaban J connectivity index is 2.01. The van der Waals surface area contributed by atoms with Crippen LogP contribution in [-0.2, 0) is 13.6 Å². The number of halogens is 1. The van der Waals surface area contributed by atoms with Crippen molar-refractivity contribution >= 4 is 0 Å². The van der Waals surface area contributed by atoms with Gasteiger partial charge in [0, 0.05) is 13.6 Å². The van der Waals surface area contributed by atoms with Crippen molar-refractivity contribution in [2.75, 3.05) is 0 Å². The van der Waals surface area contributed by atoms with Crippen molar-refractivity contribution < 1.29 is 4.39 Å². The lowest BCUT2D eigenvalue weighted by atomic mass is 10.1. The Labute approximate surface area is 106 Å². The van der Waals surface area contributed by atoms with Crippen LogP contribution in [-0.4, -0.2) is 14.8 Å². The minimum absolute atomic E-state index is 0.0990. The first kappa shape index (κ1) is 12.7. The van der Waals surface area contributed by atoms with E-state index in [0.717, 1.165) is 17.0 Å². The lowest BCUT2D eigenvalue weighted by Gasteiger charge is -2.14. The van der Waals surface area contributed by atoms with Crippen LogP contribution in [0, 0.1) is 12.7 Å². The summed E-state index contributed by atoms with van der Waals surface area (Å²) in [6.07, 6.45) is 1.68. The topological polar surface area (TPSA) is 42.7 Å². The molecule has 0 saturated carbocycles. The number of nitrogens with zero attached hydrogens (tertiary/aromatic N) is 3. The van der Waals surface area contributed by atoms with Gasteiger partial charge in [-0.2, -0.15) is 0 Å². The van der Waals surface area contributed by atoms with Gasteiger partial charge in [-0.1, -0.05) is 6.07 Å². The second-order valence-electron chi connectivity index (χ2n) is 4.47. The molecular formula is C13H17FN4. The van der Waals surface area contributed by atoms with Crippen molar-refractivity contribution in [3.63, 3.8) is 0 Å². The van der Waals surface area contributed by atoms with Crippen LogP contribution < -0.4 is 5.32 Å². The fourth-order valence-corrected chi connectivity index (χ4v) is 1.90. The maximum Gasteiger partial charge on any atom is 0.149 e. The van der Waals surface area contributed by atoms with E-state index in [1.165, 1.54) is 6.07 Å². The summed E-state index contributed by atoms with van der Waals surface area (Å²) < 4.78 is 14.9. The molecule has 4 nitrogen and oxygen atoms in total. The van der Waals surface area contributed by atoms with Crippen LogP contribution >= 0.6 is 0 Å². The second kappa shape index (κ2) is 5.27. The number of aryl methyl sites for hydroxylation is 2. The van der Waals surface area contributed by atoms with Crippen LogP contribution in [0.3, 0.4) is 0 Å². The Morgan fingerprint density at radius 1 is 1.44 bits per heavy atom. The van der Waals surface area contributed by atoms with Crippen LogP contribution in [0.1, 0.15) is 29.9 Å². The molecule has 1 aromatic carbocycles. The van der Waals surface area contributed by atoms with Gasteiger partial charge in [0.25, 0.3) is 0 Å². The first-order valence-electron chi connectivity index (χ1n) is 5.90. The maximum absolute atomic E-state index is 13.0. The normalized spacial score (nSPS) is 12.7. The molecule has 0 radical (unpaired) electrons. The van der Waals surface area contributed by atoms with E-state index in [1.54, 1.807) is 18.5 Å².